The normalized spacial score (nSPS) is 16.2. The first-order valence-corrected chi connectivity index (χ1v) is 11.9. The molecule has 0 saturated carbocycles. The first-order chi connectivity index (χ1) is 15.2. The molecule has 1 saturated heterocycles. The molecule has 1 aliphatic rings. The molecule has 0 unspecified atom stereocenters. The quantitative estimate of drug-likeness (QED) is 0.525. The number of methoxy groups -OCH3 is 1. The van der Waals surface area contributed by atoms with Crippen molar-refractivity contribution in [1.82, 2.24) is 4.90 Å². The van der Waals surface area contributed by atoms with Crippen molar-refractivity contribution in [3.63, 3.8) is 0 Å². The zero-order valence-electron chi connectivity index (χ0n) is 18.4. The summed E-state index contributed by atoms with van der Waals surface area (Å²) in [6.45, 7) is 4.07. The van der Waals surface area contributed by atoms with Gasteiger partial charge < -0.3 is 18.6 Å². The summed E-state index contributed by atoms with van der Waals surface area (Å²) in [6, 6.07) is 10.6. The highest BCUT2D eigenvalue weighted by molar-refractivity contribution is 7.87. The van der Waals surface area contributed by atoms with E-state index in [-0.39, 0.29) is 29.7 Å². The Morgan fingerprint density at radius 1 is 1.22 bits per heavy atom. The van der Waals surface area contributed by atoms with Gasteiger partial charge in [-0.15, -0.1) is 0 Å². The molecule has 1 atom stereocenters. The second-order valence-corrected chi connectivity index (χ2v) is 10.0. The topological polar surface area (TPSA) is 82.1 Å². The fourth-order valence-corrected chi connectivity index (χ4v) is 3.96. The molecule has 1 heterocycles. The van der Waals surface area contributed by atoms with Crippen molar-refractivity contribution in [2.75, 3.05) is 20.3 Å². The number of nitrogens with zero attached hydrogens (tertiary/aromatic N) is 1. The zero-order valence-corrected chi connectivity index (χ0v) is 19.2. The van der Waals surface area contributed by atoms with Crippen molar-refractivity contribution in [3.05, 3.63) is 59.4 Å². The third kappa shape index (κ3) is 5.77. The Kier molecular flexibility index (Phi) is 7.73. The summed E-state index contributed by atoms with van der Waals surface area (Å²) >= 11 is 0. The van der Waals surface area contributed by atoms with Crippen LogP contribution in [-0.2, 0) is 21.4 Å². The van der Waals surface area contributed by atoms with Crippen LogP contribution in [-0.4, -0.2) is 50.8 Å². The van der Waals surface area contributed by atoms with Gasteiger partial charge in [-0.05, 0) is 56.5 Å². The lowest BCUT2D eigenvalue weighted by Gasteiger charge is -2.26. The van der Waals surface area contributed by atoms with E-state index >= 15 is 0 Å². The van der Waals surface area contributed by atoms with Crippen molar-refractivity contribution < 1.29 is 31.3 Å². The molecule has 2 aromatic carbocycles. The standard InChI is InChI=1S/C23H28FNO6S/c1-16(2)32(27,28)31-22-13-17(10-11-21(22)29-3)14-25(15-18-7-6-12-30-18)23(26)19-8-4-5-9-20(19)24/h4-5,8-11,13,16,18H,6-7,12,14-15H2,1-3H3/t18-/m1/s1. The van der Waals surface area contributed by atoms with E-state index in [2.05, 4.69) is 0 Å². The summed E-state index contributed by atoms with van der Waals surface area (Å²) in [7, 11) is -2.43. The molecule has 9 heteroatoms. The van der Waals surface area contributed by atoms with Crippen LogP contribution in [0.4, 0.5) is 4.39 Å². The average molecular weight is 466 g/mol. The van der Waals surface area contributed by atoms with Gasteiger partial charge in [0, 0.05) is 19.7 Å². The molecule has 1 fully saturated rings. The van der Waals surface area contributed by atoms with Crippen LogP contribution < -0.4 is 8.92 Å². The molecular weight excluding hydrogens is 437 g/mol. The van der Waals surface area contributed by atoms with Crippen LogP contribution in [0.3, 0.4) is 0 Å². The Balaban J connectivity index is 1.90. The highest BCUT2D eigenvalue weighted by Crippen LogP contribution is 2.31. The highest BCUT2D eigenvalue weighted by atomic mass is 32.2. The molecule has 0 N–H and O–H groups in total. The van der Waals surface area contributed by atoms with Crippen molar-refractivity contribution in [3.8, 4) is 11.5 Å². The molecule has 2 aromatic rings. The lowest BCUT2D eigenvalue weighted by Crippen LogP contribution is -2.37. The summed E-state index contributed by atoms with van der Waals surface area (Å²) in [5.74, 6) is -0.776. The van der Waals surface area contributed by atoms with E-state index in [9.17, 15) is 17.6 Å². The number of benzene rings is 2. The van der Waals surface area contributed by atoms with Crippen LogP contribution in [0.25, 0.3) is 0 Å². The molecule has 1 amide bonds. The summed E-state index contributed by atoms with van der Waals surface area (Å²) in [5, 5.41) is -0.741. The molecule has 32 heavy (non-hydrogen) atoms. The summed E-state index contributed by atoms with van der Waals surface area (Å²) < 4.78 is 55.0. The Hall–Kier alpha value is -2.65. The van der Waals surface area contributed by atoms with Gasteiger partial charge in [0.25, 0.3) is 5.91 Å². The van der Waals surface area contributed by atoms with Crippen LogP contribution >= 0.6 is 0 Å². The number of hydrogen-bond donors (Lipinski definition) is 0. The van der Waals surface area contributed by atoms with Gasteiger partial charge in [0.2, 0.25) is 0 Å². The van der Waals surface area contributed by atoms with E-state index in [1.165, 1.54) is 50.1 Å². The van der Waals surface area contributed by atoms with Crippen molar-refractivity contribution >= 4 is 16.0 Å². The molecule has 0 bridgehead atoms. The molecular formula is C23H28FNO6S. The average Bonchev–Trinajstić information content (AvgIpc) is 3.26. The number of hydrogen-bond acceptors (Lipinski definition) is 6. The maximum absolute atomic E-state index is 14.3. The van der Waals surface area contributed by atoms with Gasteiger partial charge in [0.05, 0.1) is 24.0 Å². The number of carbonyl (C=O) groups excluding carboxylic acids is 1. The van der Waals surface area contributed by atoms with Crippen molar-refractivity contribution in [2.45, 2.75) is 44.6 Å². The largest absolute Gasteiger partial charge is 0.493 e. The Labute approximate surface area is 188 Å². The minimum atomic E-state index is -3.84. The second-order valence-electron chi connectivity index (χ2n) is 7.91. The summed E-state index contributed by atoms with van der Waals surface area (Å²) in [4.78, 5) is 14.7. The van der Waals surface area contributed by atoms with E-state index in [0.29, 0.717) is 18.7 Å². The predicted molar refractivity (Wildman–Crippen MR) is 118 cm³/mol. The van der Waals surface area contributed by atoms with Gasteiger partial charge in [-0.3, -0.25) is 4.79 Å². The van der Waals surface area contributed by atoms with Crippen molar-refractivity contribution in [2.24, 2.45) is 0 Å². The van der Waals surface area contributed by atoms with Crippen LogP contribution in [0.15, 0.2) is 42.5 Å². The Morgan fingerprint density at radius 2 is 1.97 bits per heavy atom. The van der Waals surface area contributed by atoms with Gasteiger partial charge in [-0.2, -0.15) is 8.42 Å². The number of halogens is 1. The monoisotopic (exact) mass is 465 g/mol. The summed E-state index contributed by atoms with van der Waals surface area (Å²) in [6.07, 6.45) is 1.57. The van der Waals surface area contributed by atoms with Crippen LogP contribution in [0.2, 0.25) is 0 Å². The highest BCUT2D eigenvalue weighted by Gasteiger charge is 2.26. The first kappa shape index (κ1) is 24.0. The van der Waals surface area contributed by atoms with Crippen LogP contribution in [0.1, 0.15) is 42.6 Å². The van der Waals surface area contributed by atoms with E-state index in [1.54, 1.807) is 18.2 Å². The second kappa shape index (κ2) is 10.3. The van der Waals surface area contributed by atoms with Gasteiger partial charge in [0.15, 0.2) is 11.5 Å². The lowest BCUT2D eigenvalue weighted by molar-refractivity contribution is 0.0503. The Bertz CT molecular complexity index is 1050. The number of ether oxygens (including phenoxy) is 2. The SMILES string of the molecule is COc1ccc(CN(C[C@H]2CCCO2)C(=O)c2ccccc2F)cc1OS(=O)(=O)C(C)C. The molecule has 0 aliphatic carbocycles. The minimum absolute atomic E-state index is 0.0298. The molecule has 0 radical (unpaired) electrons. The summed E-state index contributed by atoms with van der Waals surface area (Å²) in [5.41, 5.74) is 0.584. The number of carbonyl (C=O) groups is 1. The zero-order chi connectivity index (χ0) is 23.3. The van der Waals surface area contributed by atoms with Crippen LogP contribution in [0, 0.1) is 5.82 Å². The van der Waals surface area contributed by atoms with Crippen LogP contribution in [0.5, 0.6) is 11.5 Å². The number of amides is 1. The number of rotatable bonds is 9. The smallest absolute Gasteiger partial charge is 0.311 e. The maximum Gasteiger partial charge on any atom is 0.311 e. The molecule has 7 nitrogen and oxygen atoms in total. The lowest BCUT2D eigenvalue weighted by atomic mass is 10.1. The van der Waals surface area contributed by atoms with Gasteiger partial charge in [-0.1, -0.05) is 18.2 Å². The van der Waals surface area contributed by atoms with E-state index in [1.807, 2.05) is 0 Å². The maximum atomic E-state index is 14.3. The molecule has 0 aromatic heterocycles. The predicted octanol–water partition coefficient (Wildman–Crippen LogP) is 3.77. The van der Waals surface area contributed by atoms with Gasteiger partial charge in [-0.25, -0.2) is 4.39 Å². The minimum Gasteiger partial charge on any atom is -0.493 e. The van der Waals surface area contributed by atoms with Gasteiger partial charge in [0.1, 0.15) is 5.82 Å². The Morgan fingerprint density at radius 3 is 2.59 bits per heavy atom. The third-order valence-electron chi connectivity index (χ3n) is 5.22. The molecule has 174 valence electrons. The van der Waals surface area contributed by atoms with E-state index < -0.39 is 27.1 Å². The van der Waals surface area contributed by atoms with E-state index in [0.717, 1.165) is 12.8 Å². The third-order valence-corrected chi connectivity index (χ3v) is 6.79. The fourth-order valence-electron chi connectivity index (χ4n) is 3.38. The molecule has 3 rings (SSSR count). The first-order valence-electron chi connectivity index (χ1n) is 10.5. The van der Waals surface area contributed by atoms with E-state index in [4.69, 9.17) is 13.7 Å². The molecule has 0 spiro atoms. The van der Waals surface area contributed by atoms with Crippen molar-refractivity contribution in [1.29, 1.82) is 0 Å². The molecule has 1 aliphatic heterocycles. The fraction of sp³-hybridized carbons (Fsp3) is 0.435. The van der Waals surface area contributed by atoms with Gasteiger partial charge >= 0.3 is 10.1 Å².